The molecular formula is C4H11NO5Si. The molecule has 0 heterocycles. The van der Waals surface area contributed by atoms with E-state index >= 15 is 0 Å². The van der Waals surface area contributed by atoms with Gasteiger partial charge in [-0.3, -0.25) is 4.79 Å². The molecule has 66 valence electrons. The van der Waals surface area contributed by atoms with Crippen molar-refractivity contribution in [2.24, 2.45) is 5.73 Å². The number of hydrogen-bond acceptors (Lipinski definition) is 5. The molecular weight excluding hydrogens is 170 g/mol. The molecule has 0 spiro atoms. The van der Waals surface area contributed by atoms with Gasteiger partial charge in [-0.25, -0.2) is 0 Å². The Morgan fingerprint density at radius 3 is 2.18 bits per heavy atom. The van der Waals surface area contributed by atoms with E-state index in [0.29, 0.717) is 0 Å². The number of carbonyl (C=O) groups is 1. The van der Waals surface area contributed by atoms with Crippen LogP contribution in [0.15, 0.2) is 0 Å². The van der Waals surface area contributed by atoms with E-state index in [-0.39, 0.29) is 12.5 Å². The lowest BCUT2D eigenvalue weighted by molar-refractivity contribution is -0.138. The quantitative estimate of drug-likeness (QED) is 0.311. The largest absolute Gasteiger partial charge is 0.492 e. The van der Waals surface area contributed by atoms with Gasteiger partial charge < -0.3 is 25.2 Å². The second-order valence-electron chi connectivity index (χ2n) is 2.26. The van der Waals surface area contributed by atoms with Crippen LogP contribution in [0.5, 0.6) is 0 Å². The number of hydrogen-bond donors (Lipinski definition) is 5. The molecule has 0 aromatic carbocycles. The Balaban J connectivity index is 3.63. The molecule has 11 heavy (non-hydrogen) atoms. The van der Waals surface area contributed by atoms with Gasteiger partial charge >= 0.3 is 14.8 Å². The molecule has 0 bridgehead atoms. The maximum atomic E-state index is 10.1. The van der Waals surface area contributed by atoms with Gasteiger partial charge in [0.25, 0.3) is 0 Å². The summed E-state index contributed by atoms with van der Waals surface area (Å²) in [5, 5.41) is 8.22. The number of carboxylic acids is 1. The third kappa shape index (κ3) is 5.95. The normalized spacial score (nSPS) is 14.5. The van der Waals surface area contributed by atoms with Crippen LogP contribution in [0, 0.1) is 0 Å². The predicted octanol–water partition coefficient (Wildman–Crippen LogP) is -2.30. The molecule has 0 saturated carbocycles. The zero-order chi connectivity index (χ0) is 9.07. The highest BCUT2D eigenvalue weighted by molar-refractivity contribution is 6.56. The van der Waals surface area contributed by atoms with E-state index in [2.05, 4.69) is 0 Å². The molecule has 0 amide bonds. The van der Waals surface area contributed by atoms with E-state index in [1.54, 1.807) is 0 Å². The van der Waals surface area contributed by atoms with Crippen LogP contribution in [0.3, 0.4) is 0 Å². The molecule has 0 aromatic heterocycles. The number of nitrogens with two attached hydrogens (primary N) is 1. The van der Waals surface area contributed by atoms with Gasteiger partial charge in [0.1, 0.15) is 6.04 Å². The first-order valence-electron chi connectivity index (χ1n) is 2.98. The van der Waals surface area contributed by atoms with Crippen molar-refractivity contribution in [3.05, 3.63) is 0 Å². The number of aliphatic carboxylic acids is 1. The van der Waals surface area contributed by atoms with Crippen LogP contribution in [0.1, 0.15) is 6.42 Å². The Bertz CT molecular complexity index is 144. The fourth-order valence-electron chi connectivity index (χ4n) is 0.473. The fraction of sp³-hybridized carbons (Fsp3) is 0.750. The monoisotopic (exact) mass is 181 g/mol. The van der Waals surface area contributed by atoms with Crippen molar-refractivity contribution in [2.45, 2.75) is 18.5 Å². The minimum Gasteiger partial charge on any atom is -0.480 e. The number of rotatable bonds is 4. The first-order chi connectivity index (χ1) is 4.83. The molecule has 0 radical (unpaired) electrons. The lowest BCUT2D eigenvalue weighted by atomic mass is 10.2. The Hall–Kier alpha value is -0.473. The average Bonchev–Trinajstić information content (AvgIpc) is 1.80. The van der Waals surface area contributed by atoms with Crippen LogP contribution in [0.2, 0.25) is 6.04 Å². The Labute approximate surface area is 64.3 Å². The van der Waals surface area contributed by atoms with Crippen molar-refractivity contribution in [1.29, 1.82) is 0 Å². The lowest BCUT2D eigenvalue weighted by Crippen LogP contribution is -2.38. The summed E-state index contributed by atoms with van der Waals surface area (Å²) in [5.41, 5.74) is 5.01. The molecule has 0 rings (SSSR count). The summed E-state index contributed by atoms with van der Waals surface area (Å²) in [7, 11) is -4.11. The molecule has 7 heteroatoms. The second kappa shape index (κ2) is 3.79. The molecule has 1 unspecified atom stereocenters. The fourth-order valence-corrected chi connectivity index (χ4v) is 1.17. The maximum Gasteiger partial charge on any atom is 0.492 e. The van der Waals surface area contributed by atoms with Gasteiger partial charge in [0.2, 0.25) is 0 Å². The minimum absolute atomic E-state index is 0.134. The minimum atomic E-state index is -4.11. The molecule has 0 aliphatic heterocycles. The first kappa shape index (κ1) is 10.5. The van der Waals surface area contributed by atoms with Crippen molar-refractivity contribution < 1.29 is 24.3 Å². The number of carboxylic acid groups (broad SMARTS) is 1. The summed E-state index contributed by atoms with van der Waals surface area (Å²) in [5.74, 6) is -1.22. The van der Waals surface area contributed by atoms with Crippen LogP contribution >= 0.6 is 0 Å². The summed E-state index contributed by atoms with van der Waals surface area (Å²) in [6, 6.07) is -1.49. The van der Waals surface area contributed by atoms with Crippen molar-refractivity contribution in [3.63, 3.8) is 0 Å². The molecule has 0 saturated heterocycles. The molecule has 6 N–H and O–H groups in total. The van der Waals surface area contributed by atoms with E-state index in [1.165, 1.54) is 0 Å². The standard InChI is InChI=1S/C4H11NO5Si/c5-3(4(6)7)1-2-11(8,9)10/h3,8-10H,1-2,5H2,(H,6,7). The second-order valence-corrected chi connectivity index (χ2v) is 4.31. The summed E-state index contributed by atoms with van der Waals surface area (Å²) in [4.78, 5) is 35.4. The van der Waals surface area contributed by atoms with Crippen molar-refractivity contribution >= 4 is 14.8 Å². The topological polar surface area (TPSA) is 124 Å². The van der Waals surface area contributed by atoms with Gasteiger partial charge in [0.15, 0.2) is 0 Å². The summed E-state index contributed by atoms with van der Waals surface area (Å²) >= 11 is 0. The first-order valence-corrected chi connectivity index (χ1v) is 5.03. The van der Waals surface area contributed by atoms with Gasteiger partial charge in [-0.1, -0.05) is 0 Å². The van der Waals surface area contributed by atoms with Gasteiger partial charge in [-0.2, -0.15) is 0 Å². The van der Waals surface area contributed by atoms with Crippen LogP contribution in [0.25, 0.3) is 0 Å². The smallest absolute Gasteiger partial charge is 0.480 e. The highest BCUT2D eigenvalue weighted by Crippen LogP contribution is 2.03. The van der Waals surface area contributed by atoms with E-state index in [9.17, 15) is 4.79 Å². The van der Waals surface area contributed by atoms with Crippen molar-refractivity contribution in [1.82, 2.24) is 0 Å². The van der Waals surface area contributed by atoms with Gasteiger partial charge in [-0.15, -0.1) is 0 Å². The lowest BCUT2D eigenvalue weighted by Gasteiger charge is -2.10. The van der Waals surface area contributed by atoms with E-state index in [1.807, 2.05) is 0 Å². The highest BCUT2D eigenvalue weighted by Gasteiger charge is 2.28. The highest BCUT2D eigenvalue weighted by atomic mass is 28.4. The molecule has 0 aromatic rings. The third-order valence-electron chi connectivity index (χ3n) is 1.11. The van der Waals surface area contributed by atoms with E-state index < -0.39 is 20.8 Å². The van der Waals surface area contributed by atoms with Crippen LogP contribution < -0.4 is 5.73 Å². The molecule has 6 nitrogen and oxygen atoms in total. The van der Waals surface area contributed by atoms with Gasteiger partial charge in [-0.05, 0) is 6.42 Å². The average molecular weight is 181 g/mol. The zero-order valence-corrected chi connectivity index (χ0v) is 6.77. The predicted molar refractivity (Wildman–Crippen MR) is 37.4 cm³/mol. The maximum absolute atomic E-state index is 10.1. The van der Waals surface area contributed by atoms with Crippen LogP contribution in [-0.2, 0) is 4.79 Å². The SMILES string of the molecule is NC(CC[Si](O)(O)O)C(=O)O. The van der Waals surface area contributed by atoms with Crippen molar-refractivity contribution in [2.75, 3.05) is 0 Å². The zero-order valence-electron chi connectivity index (χ0n) is 5.77. The van der Waals surface area contributed by atoms with Gasteiger partial charge in [0, 0.05) is 6.04 Å². The molecule has 1 atom stereocenters. The summed E-state index contributed by atoms with van der Waals surface area (Å²) in [6.07, 6.45) is -0.134. The Kier molecular flexibility index (Phi) is 3.62. The van der Waals surface area contributed by atoms with E-state index in [0.717, 1.165) is 0 Å². The van der Waals surface area contributed by atoms with E-state index in [4.69, 9.17) is 25.2 Å². The molecule has 0 fully saturated rings. The Morgan fingerprint density at radius 2 is 1.91 bits per heavy atom. The molecule has 0 aliphatic rings. The summed E-state index contributed by atoms with van der Waals surface area (Å²) in [6.45, 7) is 0. The van der Waals surface area contributed by atoms with Crippen molar-refractivity contribution in [3.8, 4) is 0 Å². The molecule has 0 aliphatic carbocycles. The van der Waals surface area contributed by atoms with Gasteiger partial charge in [0.05, 0.1) is 0 Å². The van der Waals surface area contributed by atoms with Crippen LogP contribution in [-0.4, -0.2) is 40.3 Å². The summed E-state index contributed by atoms with van der Waals surface area (Å²) < 4.78 is 0. The Morgan fingerprint density at radius 1 is 1.45 bits per heavy atom. The van der Waals surface area contributed by atoms with Crippen LogP contribution in [0.4, 0.5) is 0 Å². The third-order valence-corrected chi connectivity index (χ3v) is 2.07.